The Hall–Kier alpha value is -1.62. The highest BCUT2D eigenvalue weighted by molar-refractivity contribution is 7.10. The van der Waals surface area contributed by atoms with Crippen LogP contribution in [0.25, 0.3) is 0 Å². The van der Waals surface area contributed by atoms with Gasteiger partial charge in [-0.2, -0.15) is 5.10 Å². The minimum Gasteiger partial charge on any atom is -0.334 e. The number of piperidine rings is 1. The first-order valence-corrected chi connectivity index (χ1v) is 7.95. The Labute approximate surface area is 122 Å². The summed E-state index contributed by atoms with van der Waals surface area (Å²) in [6, 6.07) is 4.20. The van der Waals surface area contributed by atoms with Crippen molar-refractivity contribution in [2.45, 2.75) is 38.6 Å². The van der Waals surface area contributed by atoms with E-state index in [9.17, 15) is 4.79 Å². The molecular weight excluding hydrogens is 270 g/mol. The van der Waals surface area contributed by atoms with E-state index in [0.29, 0.717) is 6.42 Å². The van der Waals surface area contributed by atoms with E-state index in [2.05, 4.69) is 17.1 Å². The van der Waals surface area contributed by atoms with E-state index in [4.69, 9.17) is 0 Å². The van der Waals surface area contributed by atoms with Gasteiger partial charge in [0, 0.05) is 11.4 Å². The summed E-state index contributed by atoms with van der Waals surface area (Å²) in [4.78, 5) is 15.8. The first-order valence-electron chi connectivity index (χ1n) is 7.07. The second-order valence-electron chi connectivity index (χ2n) is 5.32. The van der Waals surface area contributed by atoms with Crippen LogP contribution in [0.5, 0.6) is 0 Å². The van der Waals surface area contributed by atoms with Crippen LogP contribution in [-0.2, 0) is 11.2 Å². The summed E-state index contributed by atoms with van der Waals surface area (Å²) < 4.78 is 0. The summed E-state index contributed by atoms with van der Waals surface area (Å²) in [6.07, 6.45) is 5.65. The fourth-order valence-electron chi connectivity index (χ4n) is 2.89. The topological polar surface area (TPSA) is 49.0 Å². The number of aromatic nitrogens is 2. The molecule has 4 nitrogen and oxygen atoms in total. The molecule has 0 bridgehead atoms. The van der Waals surface area contributed by atoms with Gasteiger partial charge in [-0.3, -0.25) is 9.89 Å². The molecule has 106 valence electrons. The van der Waals surface area contributed by atoms with E-state index in [1.165, 1.54) is 6.42 Å². The molecule has 1 N–H and O–H groups in total. The van der Waals surface area contributed by atoms with Crippen LogP contribution in [0.15, 0.2) is 23.7 Å². The van der Waals surface area contributed by atoms with Crippen molar-refractivity contribution in [1.29, 1.82) is 0 Å². The highest BCUT2D eigenvalue weighted by Crippen LogP contribution is 2.32. The van der Waals surface area contributed by atoms with E-state index in [1.54, 1.807) is 11.3 Å². The molecule has 1 aliphatic heterocycles. The number of thiophene rings is 1. The smallest absolute Gasteiger partial charge is 0.228 e. The lowest BCUT2D eigenvalue weighted by Crippen LogP contribution is -2.39. The summed E-state index contributed by atoms with van der Waals surface area (Å²) >= 11 is 1.65. The van der Waals surface area contributed by atoms with Gasteiger partial charge < -0.3 is 4.90 Å². The summed E-state index contributed by atoms with van der Waals surface area (Å²) in [5.74, 6) is 0.228. The minimum absolute atomic E-state index is 0.165. The van der Waals surface area contributed by atoms with Crippen LogP contribution in [0.3, 0.4) is 0 Å². The number of nitrogens with zero attached hydrogens (tertiary/aromatic N) is 2. The molecule has 2 aromatic rings. The number of aryl methyl sites for hydroxylation is 1. The first-order chi connectivity index (χ1) is 9.75. The standard InChI is InChI=1S/C15H19N3OS/c1-11-10-16-17-15(11)13-6-2-3-7-18(13)14(19)9-12-5-4-8-20-12/h4-5,8,10,13H,2-3,6-7,9H2,1H3,(H,16,17)/t13-/m0/s1. The third-order valence-electron chi connectivity index (χ3n) is 3.93. The second-order valence-corrected chi connectivity index (χ2v) is 6.35. The predicted octanol–water partition coefficient (Wildman–Crippen LogP) is 3.08. The lowest BCUT2D eigenvalue weighted by atomic mass is 9.97. The Morgan fingerprint density at radius 1 is 1.55 bits per heavy atom. The van der Waals surface area contributed by atoms with Gasteiger partial charge in [0.25, 0.3) is 0 Å². The molecule has 1 amide bonds. The summed E-state index contributed by atoms with van der Waals surface area (Å²) in [7, 11) is 0. The third kappa shape index (κ3) is 2.63. The zero-order valence-corrected chi connectivity index (χ0v) is 12.4. The molecule has 3 heterocycles. The van der Waals surface area contributed by atoms with Gasteiger partial charge in [0.05, 0.1) is 24.4 Å². The Morgan fingerprint density at radius 2 is 2.45 bits per heavy atom. The lowest BCUT2D eigenvalue weighted by Gasteiger charge is -2.35. The fraction of sp³-hybridized carbons (Fsp3) is 0.467. The number of carbonyl (C=O) groups is 1. The van der Waals surface area contributed by atoms with Crippen LogP contribution < -0.4 is 0 Å². The molecule has 5 heteroatoms. The molecule has 0 saturated carbocycles. The number of carbonyl (C=O) groups excluding carboxylic acids is 1. The van der Waals surface area contributed by atoms with E-state index in [0.717, 1.165) is 35.5 Å². The molecule has 0 spiro atoms. The normalized spacial score (nSPS) is 19.2. The van der Waals surface area contributed by atoms with Crippen molar-refractivity contribution >= 4 is 17.2 Å². The first kappa shape index (κ1) is 13.4. The average Bonchev–Trinajstić information content (AvgIpc) is 3.10. The third-order valence-corrected chi connectivity index (χ3v) is 4.81. The van der Waals surface area contributed by atoms with E-state index in [-0.39, 0.29) is 11.9 Å². The number of H-pyrrole nitrogens is 1. The second kappa shape index (κ2) is 5.79. The van der Waals surface area contributed by atoms with Crippen LogP contribution in [-0.4, -0.2) is 27.5 Å². The van der Waals surface area contributed by atoms with Crippen LogP contribution in [0.1, 0.15) is 41.4 Å². The number of likely N-dealkylation sites (tertiary alicyclic amines) is 1. The number of hydrogen-bond donors (Lipinski definition) is 1. The van der Waals surface area contributed by atoms with Gasteiger partial charge in [-0.15, -0.1) is 11.3 Å². The molecule has 0 aliphatic carbocycles. The molecule has 1 fully saturated rings. The Balaban J connectivity index is 1.78. The molecule has 3 rings (SSSR count). The van der Waals surface area contributed by atoms with Crippen molar-refractivity contribution in [1.82, 2.24) is 15.1 Å². The highest BCUT2D eigenvalue weighted by Gasteiger charge is 2.29. The molecular formula is C15H19N3OS. The monoisotopic (exact) mass is 289 g/mol. The van der Waals surface area contributed by atoms with Crippen LogP contribution >= 0.6 is 11.3 Å². The maximum Gasteiger partial charge on any atom is 0.228 e. The number of amides is 1. The Bertz CT molecular complexity index is 576. The summed E-state index contributed by atoms with van der Waals surface area (Å²) in [6.45, 7) is 2.91. The molecule has 20 heavy (non-hydrogen) atoms. The SMILES string of the molecule is Cc1cn[nH]c1[C@@H]1CCCCN1C(=O)Cc1cccs1. The number of aromatic amines is 1. The maximum atomic E-state index is 12.6. The van der Waals surface area contributed by atoms with Crippen LogP contribution in [0.2, 0.25) is 0 Å². The van der Waals surface area contributed by atoms with Crippen LogP contribution in [0, 0.1) is 6.92 Å². The molecule has 0 radical (unpaired) electrons. The van der Waals surface area contributed by atoms with Crippen molar-refractivity contribution in [3.8, 4) is 0 Å². The van der Waals surface area contributed by atoms with Gasteiger partial charge in [0.15, 0.2) is 0 Å². The van der Waals surface area contributed by atoms with Gasteiger partial charge in [0.2, 0.25) is 5.91 Å². The molecule has 1 atom stereocenters. The highest BCUT2D eigenvalue weighted by atomic mass is 32.1. The predicted molar refractivity (Wildman–Crippen MR) is 79.7 cm³/mol. The molecule has 0 aromatic carbocycles. The average molecular weight is 289 g/mol. The fourth-order valence-corrected chi connectivity index (χ4v) is 3.58. The number of hydrogen-bond acceptors (Lipinski definition) is 3. The minimum atomic E-state index is 0.165. The molecule has 2 aromatic heterocycles. The van der Waals surface area contributed by atoms with Gasteiger partial charge >= 0.3 is 0 Å². The molecule has 0 unspecified atom stereocenters. The van der Waals surface area contributed by atoms with Crippen LogP contribution in [0.4, 0.5) is 0 Å². The zero-order chi connectivity index (χ0) is 13.9. The largest absolute Gasteiger partial charge is 0.334 e. The van der Waals surface area contributed by atoms with E-state index < -0.39 is 0 Å². The van der Waals surface area contributed by atoms with Crippen molar-refractivity contribution < 1.29 is 4.79 Å². The number of rotatable bonds is 3. The van der Waals surface area contributed by atoms with Crippen molar-refractivity contribution in [3.05, 3.63) is 39.8 Å². The summed E-state index contributed by atoms with van der Waals surface area (Å²) in [5.41, 5.74) is 2.25. The van der Waals surface area contributed by atoms with Gasteiger partial charge in [-0.05, 0) is 43.2 Å². The van der Waals surface area contributed by atoms with Gasteiger partial charge in [-0.1, -0.05) is 6.07 Å². The number of nitrogens with one attached hydrogen (secondary N) is 1. The van der Waals surface area contributed by atoms with Crippen molar-refractivity contribution in [2.24, 2.45) is 0 Å². The molecule has 1 saturated heterocycles. The Morgan fingerprint density at radius 3 is 3.15 bits per heavy atom. The zero-order valence-electron chi connectivity index (χ0n) is 11.6. The molecule has 1 aliphatic rings. The van der Waals surface area contributed by atoms with E-state index >= 15 is 0 Å². The van der Waals surface area contributed by atoms with Gasteiger partial charge in [-0.25, -0.2) is 0 Å². The summed E-state index contributed by atoms with van der Waals surface area (Å²) in [5, 5.41) is 9.21. The van der Waals surface area contributed by atoms with Gasteiger partial charge in [0.1, 0.15) is 0 Å². The van der Waals surface area contributed by atoms with E-state index in [1.807, 2.05) is 28.6 Å². The quantitative estimate of drug-likeness (QED) is 0.944. The lowest BCUT2D eigenvalue weighted by molar-refractivity contribution is -0.134. The van der Waals surface area contributed by atoms with Crippen molar-refractivity contribution in [2.75, 3.05) is 6.54 Å². The maximum absolute atomic E-state index is 12.6. The Kier molecular flexibility index (Phi) is 3.87. The van der Waals surface area contributed by atoms with Crippen molar-refractivity contribution in [3.63, 3.8) is 0 Å².